The Morgan fingerprint density at radius 3 is 2.52 bits per heavy atom. The maximum atomic E-state index is 10.7. The van der Waals surface area contributed by atoms with Crippen LogP contribution in [0.25, 0.3) is 0 Å². The van der Waals surface area contributed by atoms with Gasteiger partial charge in [0.25, 0.3) is 6.01 Å². The van der Waals surface area contributed by atoms with Crippen LogP contribution in [0.15, 0.2) is 54.9 Å². The monoisotopic (exact) mass is 453 g/mol. The van der Waals surface area contributed by atoms with Crippen LogP contribution < -0.4 is 4.84 Å². The second kappa shape index (κ2) is 9.96. The predicted octanol–water partition coefficient (Wildman–Crippen LogP) is 5.91. The Morgan fingerprint density at radius 2 is 1.83 bits per heavy atom. The third kappa shape index (κ3) is 6.35. The molecule has 2 aromatic carbocycles. The largest absolute Gasteiger partial charge is 0.312 e. The summed E-state index contributed by atoms with van der Waals surface area (Å²) in [5, 5.41) is 11.7. The van der Waals surface area contributed by atoms with Crippen LogP contribution in [0, 0.1) is 16.0 Å². The molecular formula is C20H18Cl3N3O3. The second-order valence-corrected chi connectivity index (χ2v) is 7.93. The van der Waals surface area contributed by atoms with E-state index < -0.39 is 5.09 Å². The van der Waals surface area contributed by atoms with E-state index >= 15 is 0 Å². The van der Waals surface area contributed by atoms with E-state index in [1.54, 1.807) is 22.9 Å². The maximum Gasteiger partial charge on any atom is 0.302 e. The molecule has 6 nitrogen and oxygen atoms in total. The molecule has 0 amide bonds. The van der Waals surface area contributed by atoms with Crippen LogP contribution in [-0.2, 0) is 19.4 Å². The van der Waals surface area contributed by atoms with Gasteiger partial charge in [-0.25, -0.2) is 9.82 Å². The molecule has 3 rings (SSSR count). The first-order valence-corrected chi connectivity index (χ1v) is 10.1. The zero-order valence-electron chi connectivity index (χ0n) is 15.3. The number of halogens is 3. The van der Waals surface area contributed by atoms with Gasteiger partial charge < -0.3 is 4.57 Å². The molecular weight excluding hydrogens is 437 g/mol. The summed E-state index contributed by atoms with van der Waals surface area (Å²) >= 11 is 18.3. The standard InChI is InChI=1S/C20H18Cl3N3O3/c21-17-6-3-14(4-7-17)1-2-15(11-16-5-8-18(22)12-19(16)23)13-25-10-9-24-20(25)29-26(27)28/h3-10,12,15H,1-2,11,13H2. The summed E-state index contributed by atoms with van der Waals surface area (Å²) in [4.78, 5) is 19.2. The van der Waals surface area contributed by atoms with Crippen molar-refractivity contribution in [3.8, 4) is 6.01 Å². The average molecular weight is 455 g/mol. The molecule has 29 heavy (non-hydrogen) atoms. The molecule has 0 aliphatic carbocycles. The van der Waals surface area contributed by atoms with Crippen molar-refractivity contribution < 1.29 is 9.92 Å². The third-order valence-electron chi connectivity index (χ3n) is 4.57. The van der Waals surface area contributed by atoms with Crippen molar-refractivity contribution in [3.05, 3.63) is 91.2 Å². The van der Waals surface area contributed by atoms with Gasteiger partial charge in [0.2, 0.25) is 0 Å². The van der Waals surface area contributed by atoms with Crippen molar-refractivity contribution in [1.29, 1.82) is 0 Å². The third-order valence-corrected chi connectivity index (χ3v) is 5.41. The van der Waals surface area contributed by atoms with E-state index in [-0.39, 0.29) is 11.9 Å². The molecule has 9 heteroatoms. The van der Waals surface area contributed by atoms with Gasteiger partial charge in [0.15, 0.2) is 0 Å². The van der Waals surface area contributed by atoms with Gasteiger partial charge in [0.05, 0.1) is 0 Å². The highest BCUT2D eigenvalue weighted by atomic mass is 35.5. The molecule has 0 N–H and O–H groups in total. The lowest BCUT2D eigenvalue weighted by molar-refractivity contribution is -0.713. The van der Waals surface area contributed by atoms with Gasteiger partial charge in [-0.1, -0.05) is 53.0 Å². The van der Waals surface area contributed by atoms with Crippen LogP contribution in [0.2, 0.25) is 15.1 Å². The molecule has 0 spiro atoms. The number of nitrogens with zero attached hydrogens (tertiary/aromatic N) is 3. The predicted molar refractivity (Wildman–Crippen MR) is 113 cm³/mol. The first kappa shape index (κ1) is 21.4. The van der Waals surface area contributed by atoms with E-state index in [9.17, 15) is 10.1 Å². The molecule has 0 aliphatic rings. The number of rotatable bonds is 9. The number of imidazole rings is 1. The van der Waals surface area contributed by atoms with Crippen molar-refractivity contribution in [3.63, 3.8) is 0 Å². The lowest BCUT2D eigenvalue weighted by Gasteiger charge is -2.19. The summed E-state index contributed by atoms with van der Waals surface area (Å²) in [5.41, 5.74) is 2.13. The highest BCUT2D eigenvalue weighted by Gasteiger charge is 2.17. The summed E-state index contributed by atoms with van der Waals surface area (Å²) < 4.78 is 1.64. The van der Waals surface area contributed by atoms with Gasteiger partial charge in [0.1, 0.15) is 0 Å². The summed E-state index contributed by atoms with van der Waals surface area (Å²) in [7, 11) is 0. The van der Waals surface area contributed by atoms with E-state index in [2.05, 4.69) is 9.82 Å². The van der Waals surface area contributed by atoms with E-state index in [4.69, 9.17) is 34.8 Å². The number of benzene rings is 2. The Kier molecular flexibility index (Phi) is 7.36. The Morgan fingerprint density at radius 1 is 1.10 bits per heavy atom. The molecule has 0 saturated heterocycles. The van der Waals surface area contributed by atoms with E-state index in [0.717, 1.165) is 24.0 Å². The van der Waals surface area contributed by atoms with Crippen LogP contribution >= 0.6 is 34.8 Å². The molecule has 3 aromatic rings. The minimum atomic E-state index is -0.863. The van der Waals surface area contributed by atoms with Gasteiger partial charge in [-0.05, 0) is 60.6 Å². The smallest absolute Gasteiger partial charge is 0.302 e. The zero-order chi connectivity index (χ0) is 20.8. The summed E-state index contributed by atoms with van der Waals surface area (Å²) in [6, 6.07) is 13.1. The van der Waals surface area contributed by atoms with Crippen LogP contribution in [0.3, 0.4) is 0 Å². The molecule has 0 radical (unpaired) electrons. The SMILES string of the molecule is O=[N+]([O-])Oc1nccn1CC(CCc1ccc(Cl)cc1)Cc1ccc(Cl)cc1Cl. The van der Waals surface area contributed by atoms with Crippen molar-refractivity contribution in [2.75, 3.05) is 0 Å². The summed E-state index contributed by atoms with van der Waals surface area (Å²) in [6.07, 6.45) is 5.48. The molecule has 1 aromatic heterocycles. The van der Waals surface area contributed by atoms with Crippen LogP contribution in [0.1, 0.15) is 17.5 Å². The Hall–Kier alpha value is -2.28. The van der Waals surface area contributed by atoms with Gasteiger partial charge >= 0.3 is 5.09 Å². The van der Waals surface area contributed by atoms with Crippen molar-refractivity contribution >= 4 is 34.8 Å². The van der Waals surface area contributed by atoms with Crippen LogP contribution in [0.5, 0.6) is 6.01 Å². The number of hydrogen-bond acceptors (Lipinski definition) is 4. The van der Waals surface area contributed by atoms with Gasteiger partial charge in [0, 0.05) is 34.0 Å². The Balaban J connectivity index is 1.77. The lowest BCUT2D eigenvalue weighted by atomic mass is 9.92. The molecule has 1 atom stereocenters. The fourth-order valence-corrected chi connectivity index (χ4v) is 3.76. The van der Waals surface area contributed by atoms with Crippen LogP contribution in [0.4, 0.5) is 0 Å². The van der Waals surface area contributed by atoms with Gasteiger partial charge in [-0.3, -0.25) is 0 Å². The molecule has 152 valence electrons. The lowest BCUT2D eigenvalue weighted by Crippen LogP contribution is -2.17. The Labute approximate surface area is 183 Å². The number of hydrogen-bond donors (Lipinski definition) is 0. The van der Waals surface area contributed by atoms with Crippen molar-refractivity contribution in [2.24, 2.45) is 5.92 Å². The molecule has 1 unspecified atom stereocenters. The van der Waals surface area contributed by atoms with Crippen LogP contribution in [-0.4, -0.2) is 14.6 Å². The van der Waals surface area contributed by atoms with Crippen molar-refractivity contribution in [1.82, 2.24) is 9.55 Å². The van der Waals surface area contributed by atoms with Crippen molar-refractivity contribution in [2.45, 2.75) is 25.8 Å². The Bertz CT molecular complexity index is 977. The quantitative estimate of drug-likeness (QED) is 0.298. The highest BCUT2D eigenvalue weighted by molar-refractivity contribution is 6.35. The number of aryl methyl sites for hydroxylation is 1. The van der Waals surface area contributed by atoms with E-state index in [1.807, 2.05) is 30.3 Å². The zero-order valence-corrected chi connectivity index (χ0v) is 17.6. The first-order chi connectivity index (χ1) is 13.9. The van der Waals surface area contributed by atoms with E-state index in [0.29, 0.717) is 28.0 Å². The highest BCUT2D eigenvalue weighted by Crippen LogP contribution is 2.27. The maximum absolute atomic E-state index is 10.7. The summed E-state index contributed by atoms with van der Waals surface area (Å²) in [5.74, 6) is 0.132. The minimum absolute atomic E-state index is 0.0475. The molecule has 0 fully saturated rings. The van der Waals surface area contributed by atoms with E-state index in [1.165, 1.54) is 6.20 Å². The molecule has 1 heterocycles. The second-order valence-electron chi connectivity index (χ2n) is 6.65. The van der Waals surface area contributed by atoms with Gasteiger partial charge in [-0.15, -0.1) is 10.1 Å². The first-order valence-electron chi connectivity index (χ1n) is 8.92. The topological polar surface area (TPSA) is 70.2 Å². The summed E-state index contributed by atoms with van der Waals surface area (Å²) in [6.45, 7) is 0.496. The molecule has 0 aliphatic heterocycles. The molecule has 0 saturated carbocycles. The fourth-order valence-electron chi connectivity index (χ4n) is 3.15. The average Bonchev–Trinajstić information content (AvgIpc) is 3.09. The minimum Gasteiger partial charge on any atom is -0.312 e. The molecule has 0 bridgehead atoms. The number of aromatic nitrogens is 2. The fraction of sp³-hybridized carbons (Fsp3) is 0.250. The normalized spacial score (nSPS) is 12.0. The van der Waals surface area contributed by atoms with Gasteiger partial charge in [-0.2, -0.15) is 0 Å².